The minimum absolute atomic E-state index is 0.0411. The summed E-state index contributed by atoms with van der Waals surface area (Å²) in [6.07, 6.45) is 1.83. The molecule has 0 saturated heterocycles. The number of amides is 3. The van der Waals surface area contributed by atoms with Gasteiger partial charge in [-0.2, -0.15) is 0 Å². The molecule has 1 aromatic carbocycles. The second-order valence-corrected chi connectivity index (χ2v) is 8.06. The van der Waals surface area contributed by atoms with Crippen molar-refractivity contribution in [1.29, 1.82) is 0 Å². The van der Waals surface area contributed by atoms with Gasteiger partial charge in [0.1, 0.15) is 5.56 Å². The predicted octanol–water partition coefficient (Wildman–Crippen LogP) is 2.95. The summed E-state index contributed by atoms with van der Waals surface area (Å²) in [5.74, 6) is -1.82. The van der Waals surface area contributed by atoms with Crippen molar-refractivity contribution >= 4 is 45.8 Å². The lowest BCUT2D eigenvalue weighted by molar-refractivity contribution is -0.385. The second-order valence-electron chi connectivity index (χ2n) is 7.20. The first-order valence-corrected chi connectivity index (χ1v) is 11.2. The van der Waals surface area contributed by atoms with E-state index in [0.717, 1.165) is 4.90 Å². The summed E-state index contributed by atoms with van der Waals surface area (Å²) >= 11 is 1.22. The van der Waals surface area contributed by atoms with Crippen LogP contribution in [0.4, 0.5) is 10.8 Å². The molecule has 1 aliphatic heterocycles. The maximum absolute atomic E-state index is 12.5. The topological polar surface area (TPSA) is 149 Å². The molecular weight excluding hydrogens is 452 g/mol. The number of rotatable bonds is 11. The minimum atomic E-state index is -0.672. The van der Waals surface area contributed by atoms with E-state index in [9.17, 15) is 29.3 Å². The van der Waals surface area contributed by atoms with E-state index in [4.69, 9.17) is 4.74 Å². The van der Waals surface area contributed by atoms with Gasteiger partial charge in [0.25, 0.3) is 17.5 Å². The van der Waals surface area contributed by atoms with Crippen LogP contribution >= 0.6 is 11.3 Å². The van der Waals surface area contributed by atoms with Crippen LogP contribution in [0.3, 0.4) is 0 Å². The summed E-state index contributed by atoms with van der Waals surface area (Å²) in [6.45, 7) is 2.13. The number of nitrogens with zero attached hydrogens (tertiary/aromatic N) is 3. The monoisotopic (exact) mass is 474 g/mol. The van der Waals surface area contributed by atoms with Gasteiger partial charge in [-0.1, -0.05) is 12.5 Å². The first-order valence-electron chi connectivity index (χ1n) is 10.3. The third-order valence-electron chi connectivity index (χ3n) is 4.89. The average molecular weight is 474 g/mol. The number of thiazole rings is 1. The fraction of sp³-hybridized carbons (Fsp3) is 0.381. The van der Waals surface area contributed by atoms with Crippen molar-refractivity contribution in [1.82, 2.24) is 9.88 Å². The summed E-state index contributed by atoms with van der Waals surface area (Å²) in [4.78, 5) is 64.2. The molecule has 174 valence electrons. The highest BCUT2D eigenvalue weighted by atomic mass is 32.1. The molecule has 0 saturated carbocycles. The van der Waals surface area contributed by atoms with Crippen LogP contribution in [0.5, 0.6) is 0 Å². The highest BCUT2D eigenvalue weighted by molar-refractivity contribution is 7.13. The second kappa shape index (κ2) is 10.8. The number of ether oxygens (including phenoxy) is 1. The molecule has 3 amide bonds. The van der Waals surface area contributed by atoms with Gasteiger partial charge in [0.2, 0.25) is 5.91 Å². The molecule has 1 aromatic heterocycles. The zero-order valence-corrected chi connectivity index (χ0v) is 18.7. The van der Waals surface area contributed by atoms with E-state index < -0.39 is 16.7 Å². The molecule has 0 fully saturated rings. The van der Waals surface area contributed by atoms with Gasteiger partial charge in [-0.05, 0) is 25.8 Å². The SMILES string of the molecule is CCOC(=O)Cc1csc(NC(=O)CCCCCN2C(=O)c3cccc([N+](=O)[O-])c3C2=O)n1. The highest BCUT2D eigenvalue weighted by Gasteiger charge is 2.40. The summed E-state index contributed by atoms with van der Waals surface area (Å²) in [5, 5.41) is 15.9. The normalized spacial score (nSPS) is 12.6. The van der Waals surface area contributed by atoms with Crippen molar-refractivity contribution < 1.29 is 28.8 Å². The Labute approximate surface area is 192 Å². The van der Waals surface area contributed by atoms with Crippen molar-refractivity contribution in [2.75, 3.05) is 18.5 Å². The molecular formula is C21H22N4O7S. The molecule has 2 aromatic rings. The molecule has 11 nitrogen and oxygen atoms in total. The number of carbonyl (C=O) groups is 4. The van der Waals surface area contributed by atoms with E-state index in [1.165, 1.54) is 29.5 Å². The molecule has 1 aliphatic rings. The minimum Gasteiger partial charge on any atom is -0.466 e. The Morgan fingerprint density at radius 3 is 2.73 bits per heavy atom. The number of anilines is 1. The Balaban J connectivity index is 1.41. The van der Waals surface area contributed by atoms with Crippen LogP contribution in [-0.2, 0) is 20.7 Å². The molecule has 33 heavy (non-hydrogen) atoms. The fourth-order valence-electron chi connectivity index (χ4n) is 3.39. The van der Waals surface area contributed by atoms with Crippen molar-refractivity contribution in [3.05, 3.63) is 50.5 Å². The third-order valence-corrected chi connectivity index (χ3v) is 5.69. The largest absolute Gasteiger partial charge is 0.466 e. The van der Waals surface area contributed by atoms with Gasteiger partial charge in [-0.25, -0.2) is 4.98 Å². The number of unbranched alkanes of at least 4 members (excludes halogenated alkanes) is 2. The lowest BCUT2D eigenvalue weighted by Gasteiger charge is -2.13. The van der Waals surface area contributed by atoms with E-state index in [-0.39, 0.29) is 48.1 Å². The molecule has 0 unspecified atom stereocenters. The summed E-state index contributed by atoms with van der Waals surface area (Å²) in [6, 6.07) is 3.99. The molecule has 2 heterocycles. The number of carbonyl (C=O) groups excluding carboxylic acids is 4. The van der Waals surface area contributed by atoms with E-state index in [1.807, 2.05) is 0 Å². The van der Waals surface area contributed by atoms with Gasteiger partial charge in [0.15, 0.2) is 5.13 Å². The zero-order chi connectivity index (χ0) is 24.0. The zero-order valence-electron chi connectivity index (χ0n) is 17.9. The summed E-state index contributed by atoms with van der Waals surface area (Å²) in [5.41, 5.74) is 0.0181. The molecule has 0 atom stereocenters. The number of hydrogen-bond donors (Lipinski definition) is 1. The van der Waals surface area contributed by atoms with Gasteiger partial charge >= 0.3 is 5.97 Å². The number of esters is 1. The number of nitro groups is 1. The number of imide groups is 1. The van der Waals surface area contributed by atoms with Crippen molar-refractivity contribution in [3.63, 3.8) is 0 Å². The van der Waals surface area contributed by atoms with Gasteiger partial charge in [0.05, 0.1) is 29.2 Å². The van der Waals surface area contributed by atoms with E-state index in [0.29, 0.717) is 36.7 Å². The van der Waals surface area contributed by atoms with E-state index in [1.54, 1.807) is 12.3 Å². The van der Waals surface area contributed by atoms with Crippen molar-refractivity contribution in [2.24, 2.45) is 0 Å². The van der Waals surface area contributed by atoms with Gasteiger partial charge < -0.3 is 10.1 Å². The Morgan fingerprint density at radius 2 is 2.00 bits per heavy atom. The Morgan fingerprint density at radius 1 is 1.21 bits per heavy atom. The molecule has 0 radical (unpaired) electrons. The van der Waals surface area contributed by atoms with Crippen molar-refractivity contribution in [2.45, 2.75) is 39.0 Å². The first kappa shape index (κ1) is 24.0. The third kappa shape index (κ3) is 5.77. The van der Waals surface area contributed by atoms with Crippen LogP contribution in [0, 0.1) is 10.1 Å². The maximum Gasteiger partial charge on any atom is 0.311 e. The number of aromatic nitrogens is 1. The number of fused-ring (bicyclic) bond motifs is 1. The predicted molar refractivity (Wildman–Crippen MR) is 118 cm³/mol. The van der Waals surface area contributed by atoms with Gasteiger partial charge in [-0.3, -0.25) is 34.2 Å². The van der Waals surface area contributed by atoms with Crippen LogP contribution in [0.25, 0.3) is 0 Å². The smallest absolute Gasteiger partial charge is 0.311 e. The first-order chi connectivity index (χ1) is 15.8. The lowest BCUT2D eigenvalue weighted by Crippen LogP contribution is -2.30. The molecule has 0 bridgehead atoms. The summed E-state index contributed by atoms with van der Waals surface area (Å²) < 4.78 is 4.86. The Bertz CT molecular complexity index is 1100. The average Bonchev–Trinajstić information content (AvgIpc) is 3.30. The van der Waals surface area contributed by atoms with E-state index in [2.05, 4.69) is 10.3 Å². The maximum atomic E-state index is 12.5. The van der Waals surface area contributed by atoms with Gasteiger partial charge in [-0.15, -0.1) is 11.3 Å². The molecule has 12 heteroatoms. The van der Waals surface area contributed by atoms with Crippen LogP contribution in [0.2, 0.25) is 0 Å². The van der Waals surface area contributed by atoms with Crippen LogP contribution in [0.15, 0.2) is 23.6 Å². The number of nitro benzene ring substituents is 1. The van der Waals surface area contributed by atoms with Crippen molar-refractivity contribution in [3.8, 4) is 0 Å². The molecule has 0 aliphatic carbocycles. The highest BCUT2D eigenvalue weighted by Crippen LogP contribution is 2.30. The van der Waals surface area contributed by atoms with Crippen LogP contribution in [-0.4, -0.2) is 51.6 Å². The molecule has 0 spiro atoms. The molecule has 3 rings (SSSR count). The Kier molecular flexibility index (Phi) is 7.83. The standard InChI is InChI=1S/C21H22N4O7S/c1-2-32-17(27)11-13-12-33-21(22-13)23-16(26)9-4-3-5-10-24-19(28)14-7-6-8-15(25(30)31)18(14)20(24)29/h6-8,12H,2-5,9-11H2,1H3,(H,22,23,26). The number of nitrogens with one attached hydrogen (secondary N) is 1. The quantitative estimate of drug-likeness (QED) is 0.172. The lowest BCUT2D eigenvalue weighted by atomic mass is 10.1. The van der Waals surface area contributed by atoms with E-state index >= 15 is 0 Å². The number of hydrogen-bond acceptors (Lipinski definition) is 9. The van der Waals surface area contributed by atoms with Gasteiger partial charge in [0, 0.05) is 24.4 Å². The fourth-order valence-corrected chi connectivity index (χ4v) is 4.12. The van der Waals surface area contributed by atoms with Crippen LogP contribution in [0.1, 0.15) is 59.0 Å². The molecule has 1 N–H and O–H groups in total. The summed E-state index contributed by atoms with van der Waals surface area (Å²) in [7, 11) is 0. The van der Waals surface area contributed by atoms with Crippen LogP contribution < -0.4 is 5.32 Å². The number of benzene rings is 1. The Hall–Kier alpha value is -3.67.